The standard InChI is InChI=1S/C4H10O2.3ClH.Ir.H2O/c1-2-6-4-3-5;;;;;/h5H,2-4H2,1H3;3*1H;;1H2/q;;;;+3;/p-3. The Balaban J connectivity index is -0.000000114. The number of hydrogen-bond donors (Lipinski definition) is 1. The van der Waals surface area contributed by atoms with Crippen LogP contribution in [0.1, 0.15) is 6.92 Å². The van der Waals surface area contributed by atoms with Crippen molar-refractivity contribution in [3.05, 3.63) is 0 Å². The zero-order valence-corrected chi connectivity index (χ0v) is 10.6. The van der Waals surface area contributed by atoms with Crippen LogP contribution in [0.25, 0.3) is 0 Å². The van der Waals surface area contributed by atoms with Crippen LogP contribution in [0.2, 0.25) is 0 Å². The molecule has 0 aromatic rings. The molecule has 7 heteroatoms. The van der Waals surface area contributed by atoms with Crippen LogP contribution in [0.4, 0.5) is 0 Å². The fraction of sp³-hybridized carbons (Fsp3) is 1.00. The third kappa shape index (κ3) is 52.0. The first kappa shape index (κ1) is 18.2. The number of aliphatic hydroxyl groups is 1. The van der Waals surface area contributed by atoms with Crippen molar-refractivity contribution in [2.45, 2.75) is 6.92 Å². The van der Waals surface area contributed by atoms with Crippen LogP contribution in [0.5, 0.6) is 0 Å². The van der Waals surface area contributed by atoms with Gasteiger partial charge in [-0.3, -0.25) is 0 Å². The molecule has 0 rings (SSSR count). The Labute approximate surface area is 84.0 Å². The maximum atomic E-state index is 8.07. The van der Waals surface area contributed by atoms with E-state index in [0.29, 0.717) is 13.2 Å². The second-order valence-electron chi connectivity index (χ2n) is 1.06. The molecule has 0 saturated heterocycles. The molecule has 0 amide bonds. The van der Waals surface area contributed by atoms with Crippen molar-refractivity contribution >= 4 is 28.8 Å². The van der Waals surface area contributed by atoms with E-state index in [1.54, 1.807) is 0 Å². The van der Waals surface area contributed by atoms with Gasteiger partial charge in [-0.1, -0.05) is 0 Å². The molecule has 0 aliphatic carbocycles. The van der Waals surface area contributed by atoms with E-state index in [-0.39, 0.29) is 12.1 Å². The molecular weight excluding hydrogens is 395 g/mol. The molecule has 3 nitrogen and oxygen atoms in total. The monoisotopic (exact) mass is 406 g/mol. The molecule has 0 unspecified atom stereocenters. The molecule has 0 heterocycles. The van der Waals surface area contributed by atoms with Crippen molar-refractivity contribution in [3.8, 4) is 0 Å². The first-order chi connectivity index (χ1) is 4.65. The molecule has 11 heavy (non-hydrogen) atoms. The Hall–Kier alpha value is 1.40. The molecule has 0 aliphatic heterocycles. The molecule has 0 aromatic carbocycles. The van der Waals surface area contributed by atoms with E-state index >= 15 is 0 Å². The second-order valence-corrected chi connectivity index (χ2v) is 11.4. The summed E-state index contributed by atoms with van der Waals surface area (Å²) < 4.78 is 4.73. The van der Waals surface area contributed by atoms with Crippen LogP contribution in [-0.4, -0.2) is 30.4 Å². The second kappa shape index (κ2) is 17.5. The van der Waals surface area contributed by atoms with Crippen molar-refractivity contribution in [2.24, 2.45) is 0 Å². The Bertz CT molecular complexity index is 51.1. The summed E-state index contributed by atoms with van der Waals surface area (Å²) in [7, 11) is 14.9. The van der Waals surface area contributed by atoms with Gasteiger partial charge in [0.15, 0.2) is 0 Å². The van der Waals surface area contributed by atoms with Gasteiger partial charge < -0.3 is 15.3 Å². The van der Waals surface area contributed by atoms with E-state index in [2.05, 4.69) is 0 Å². The molecule has 0 radical (unpaired) electrons. The van der Waals surface area contributed by atoms with Gasteiger partial charge in [0.2, 0.25) is 0 Å². The first-order valence-electron chi connectivity index (χ1n) is 2.48. The van der Waals surface area contributed by atoms with Gasteiger partial charge >= 0.3 is 42.2 Å². The maximum absolute atomic E-state index is 8.07. The van der Waals surface area contributed by atoms with Crippen LogP contribution >= 0.6 is 28.8 Å². The van der Waals surface area contributed by atoms with E-state index in [4.69, 9.17) is 38.6 Å². The summed E-state index contributed by atoms with van der Waals surface area (Å²) >= 11 is -1.92. The molecule has 0 bridgehead atoms. The number of rotatable bonds is 3. The average molecular weight is 407 g/mol. The summed E-state index contributed by atoms with van der Waals surface area (Å²) in [5.74, 6) is 0. The van der Waals surface area contributed by atoms with Crippen LogP contribution in [0.15, 0.2) is 0 Å². The van der Waals surface area contributed by atoms with Crippen molar-refractivity contribution in [3.63, 3.8) is 0 Å². The van der Waals surface area contributed by atoms with Gasteiger partial charge in [0.1, 0.15) is 0 Å². The molecule has 76 valence electrons. The van der Waals surface area contributed by atoms with Gasteiger partial charge in [-0.25, -0.2) is 0 Å². The quantitative estimate of drug-likeness (QED) is 0.717. The number of hydrogen-bond acceptors (Lipinski definition) is 2. The van der Waals surface area contributed by atoms with E-state index in [1.807, 2.05) is 6.92 Å². The average Bonchev–Trinajstić information content (AvgIpc) is 1.82. The molecule has 0 spiro atoms. The van der Waals surface area contributed by atoms with Crippen molar-refractivity contribution in [1.29, 1.82) is 0 Å². The Morgan fingerprint density at radius 3 is 1.82 bits per heavy atom. The molecule has 3 N–H and O–H groups in total. The number of aliphatic hydroxyl groups excluding tert-OH is 1. The van der Waals surface area contributed by atoms with Gasteiger partial charge in [-0.15, -0.1) is 0 Å². The van der Waals surface area contributed by atoms with Crippen molar-refractivity contribution in [2.75, 3.05) is 19.8 Å². The fourth-order valence-electron chi connectivity index (χ4n) is 0.209. The Morgan fingerprint density at radius 2 is 1.73 bits per heavy atom. The molecule has 0 saturated carbocycles. The molecular formula is C4H12Cl3IrO3. The van der Waals surface area contributed by atoms with Crippen LogP contribution in [0.3, 0.4) is 0 Å². The molecule has 0 fully saturated rings. The van der Waals surface area contributed by atoms with Crippen LogP contribution in [0, 0.1) is 0 Å². The predicted octanol–water partition coefficient (Wildman–Crippen LogP) is 1.26. The third-order valence-corrected chi connectivity index (χ3v) is 0.440. The summed E-state index contributed by atoms with van der Waals surface area (Å²) in [6.45, 7) is 3.20. The van der Waals surface area contributed by atoms with Crippen LogP contribution < -0.4 is 0 Å². The topological polar surface area (TPSA) is 61.0 Å². The number of ether oxygens (including phenoxy) is 1. The van der Waals surface area contributed by atoms with Crippen molar-refractivity contribution in [1.82, 2.24) is 0 Å². The van der Waals surface area contributed by atoms with Gasteiger partial charge in [-0.2, -0.15) is 0 Å². The summed E-state index contributed by atoms with van der Waals surface area (Å²) in [5.41, 5.74) is 0. The summed E-state index contributed by atoms with van der Waals surface area (Å²) in [4.78, 5) is 0. The molecule has 0 atom stereocenters. The normalized spacial score (nSPS) is 9.00. The van der Waals surface area contributed by atoms with Crippen LogP contribution in [-0.2, 0) is 18.2 Å². The third-order valence-electron chi connectivity index (χ3n) is 0.440. The van der Waals surface area contributed by atoms with Gasteiger partial charge in [0.25, 0.3) is 0 Å². The number of halogens is 3. The fourth-order valence-corrected chi connectivity index (χ4v) is 0.209. The van der Waals surface area contributed by atoms with E-state index in [9.17, 15) is 0 Å². The zero-order chi connectivity index (χ0) is 8.41. The van der Waals surface area contributed by atoms with Gasteiger partial charge in [0, 0.05) is 6.61 Å². The Kier molecular flexibility index (Phi) is 29.0. The predicted molar refractivity (Wildman–Crippen MR) is 44.8 cm³/mol. The summed E-state index contributed by atoms with van der Waals surface area (Å²) in [6.07, 6.45) is 0. The summed E-state index contributed by atoms with van der Waals surface area (Å²) in [5, 5.41) is 8.07. The van der Waals surface area contributed by atoms with Crippen molar-refractivity contribution < 1.29 is 28.8 Å². The Morgan fingerprint density at radius 1 is 1.36 bits per heavy atom. The SMILES string of the molecule is CCOCCO.O.[Cl][Ir]([Cl])[Cl]. The van der Waals surface area contributed by atoms with E-state index < -0.39 is 13.5 Å². The van der Waals surface area contributed by atoms with E-state index in [1.165, 1.54) is 0 Å². The summed E-state index contributed by atoms with van der Waals surface area (Å²) in [6, 6.07) is 0. The van der Waals surface area contributed by atoms with Gasteiger partial charge in [0.05, 0.1) is 13.2 Å². The minimum absolute atomic E-state index is 0. The first-order valence-corrected chi connectivity index (χ1v) is 11.4. The van der Waals surface area contributed by atoms with E-state index in [0.717, 1.165) is 0 Å². The van der Waals surface area contributed by atoms with Gasteiger partial charge in [-0.05, 0) is 6.92 Å². The zero-order valence-electron chi connectivity index (χ0n) is 5.94. The minimum atomic E-state index is -1.92. The molecule has 0 aromatic heterocycles. The molecule has 0 aliphatic rings.